The number of carbonyl (C=O) groups is 1. The van der Waals surface area contributed by atoms with Gasteiger partial charge in [0.2, 0.25) is 0 Å². The van der Waals surface area contributed by atoms with E-state index >= 15 is 0 Å². The van der Waals surface area contributed by atoms with Crippen molar-refractivity contribution in [2.24, 2.45) is 0 Å². The molecule has 4 nitrogen and oxygen atoms in total. The summed E-state index contributed by atoms with van der Waals surface area (Å²) in [6, 6.07) is 1.20. The molecule has 1 fully saturated rings. The third-order valence-electron chi connectivity index (χ3n) is 2.21. The fourth-order valence-corrected chi connectivity index (χ4v) is 1.73. The second kappa shape index (κ2) is 3.55. The molecule has 0 unspecified atom stereocenters. The zero-order chi connectivity index (χ0) is 11.9. The summed E-state index contributed by atoms with van der Waals surface area (Å²) in [6.07, 6.45) is 1.10. The Balaban J connectivity index is 2.21. The molecule has 1 aromatic heterocycles. The van der Waals surface area contributed by atoms with Gasteiger partial charge in [-0.15, -0.1) is 0 Å². The van der Waals surface area contributed by atoms with Gasteiger partial charge in [-0.1, -0.05) is 11.6 Å². The highest BCUT2D eigenvalue weighted by Gasteiger charge is 2.45. The summed E-state index contributed by atoms with van der Waals surface area (Å²) < 4.78 is 25.2. The van der Waals surface area contributed by atoms with Gasteiger partial charge < -0.3 is 10.0 Å². The molecule has 0 aliphatic carbocycles. The summed E-state index contributed by atoms with van der Waals surface area (Å²) in [5, 5.41) is 8.73. The summed E-state index contributed by atoms with van der Waals surface area (Å²) in [7, 11) is 0. The molecule has 86 valence electrons. The summed E-state index contributed by atoms with van der Waals surface area (Å²) in [5.74, 6) is -3.68. The summed E-state index contributed by atoms with van der Waals surface area (Å²) >= 11 is 5.76. The van der Waals surface area contributed by atoms with E-state index in [1.54, 1.807) is 0 Å². The Hall–Kier alpha value is -1.43. The fourth-order valence-electron chi connectivity index (χ4n) is 1.44. The van der Waals surface area contributed by atoms with Crippen LogP contribution >= 0.6 is 11.6 Å². The number of hydrogen-bond acceptors (Lipinski definition) is 3. The van der Waals surface area contributed by atoms with Crippen LogP contribution in [-0.2, 0) is 0 Å². The first-order chi connectivity index (χ1) is 7.39. The molecule has 0 bridgehead atoms. The molecule has 2 rings (SSSR count). The molecule has 1 saturated heterocycles. The number of carboxylic acid groups (broad SMARTS) is 1. The van der Waals surface area contributed by atoms with Crippen LogP contribution < -0.4 is 4.90 Å². The third-order valence-corrected chi connectivity index (χ3v) is 2.49. The van der Waals surface area contributed by atoms with Crippen LogP contribution in [-0.4, -0.2) is 35.1 Å². The van der Waals surface area contributed by atoms with Crippen LogP contribution in [0.5, 0.6) is 0 Å². The lowest BCUT2D eigenvalue weighted by molar-refractivity contribution is -0.0267. The van der Waals surface area contributed by atoms with Crippen LogP contribution in [0, 0.1) is 0 Å². The Bertz CT molecular complexity index is 445. The van der Waals surface area contributed by atoms with Crippen molar-refractivity contribution in [3.63, 3.8) is 0 Å². The molecule has 0 atom stereocenters. The fraction of sp³-hybridized carbons (Fsp3) is 0.333. The standard InChI is InChI=1S/C9H7ClF2N2O2/c10-6-1-5(8(15)16)2-13-7(6)14-3-9(11,12)4-14/h1-2H,3-4H2,(H,15,16). The zero-order valence-electron chi connectivity index (χ0n) is 7.95. The number of anilines is 1. The maximum atomic E-state index is 12.6. The highest BCUT2D eigenvalue weighted by Crippen LogP contribution is 2.34. The van der Waals surface area contributed by atoms with E-state index < -0.39 is 25.0 Å². The largest absolute Gasteiger partial charge is 0.478 e. The molecule has 0 saturated carbocycles. The van der Waals surface area contributed by atoms with Crippen molar-refractivity contribution in [3.05, 3.63) is 22.8 Å². The van der Waals surface area contributed by atoms with Gasteiger partial charge in [-0.05, 0) is 6.07 Å². The number of aromatic carboxylic acids is 1. The van der Waals surface area contributed by atoms with E-state index in [9.17, 15) is 13.6 Å². The monoisotopic (exact) mass is 248 g/mol. The second-order valence-corrected chi connectivity index (χ2v) is 3.95. The number of rotatable bonds is 2. The molecule has 0 aromatic carbocycles. The van der Waals surface area contributed by atoms with Gasteiger partial charge in [0.05, 0.1) is 23.7 Å². The number of carboxylic acids is 1. The van der Waals surface area contributed by atoms with Gasteiger partial charge in [-0.3, -0.25) is 0 Å². The lowest BCUT2D eigenvalue weighted by Crippen LogP contribution is -2.56. The predicted molar refractivity (Wildman–Crippen MR) is 53.4 cm³/mol. The van der Waals surface area contributed by atoms with E-state index in [2.05, 4.69) is 4.98 Å². The molecule has 0 radical (unpaired) electrons. The molecule has 0 spiro atoms. The first kappa shape index (κ1) is 11.1. The van der Waals surface area contributed by atoms with Crippen LogP contribution in [0.1, 0.15) is 10.4 Å². The number of hydrogen-bond donors (Lipinski definition) is 1. The number of pyridine rings is 1. The van der Waals surface area contributed by atoms with E-state index in [-0.39, 0.29) is 16.4 Å². The summed E-state index contributed by atoms with van der Waals surface area (Å²) in [5.41, 5.74) is -0.0685. The minimum Gasteiger partial charge on any atom is -0.478 e. The zero-order valence-corrected chi connectivity index (χ0v) is 8.71. The van der Waals surface area contributed by atoms with Crippen LogP contribution in [0.3, 0.4) is 0 Å². The molecule has 2 heterocycles. The van der Waals surface area contributed by atoms with Gasteiger partial charge in [0.15, 0.2) is 0 Å². The van der Waals surface area contributed by atoms with Crippen molar-refractivity contribution in [3.8, 4) is 0 Å². The van der Waals surface area contributed by atoms with Gasteiger partial charge in [0.1, 0.15) is 5.82 Å². The highest BCUT2D eigenvalue weighted by molar-refractivity contribution is 6.33. The normalized spacial score (nSPS) is 18.1. The molecule has 1 N–H and O–H groups in total. The van der Waals surface area contributed by atoms with Gasteiger partial charge in [0, 0.05) is 6.20 Å². The Morgan fingerprint density at radius 2 is 2.19 bits per heavy atom. The smallest absolute Gasteiger partial charge is 0.337 e. The molecule has 0 amide bonds. The quantitative estimate of drug-likeness (QED) is 0.868. The Morgan fingerprint density at radius 1 is 1.56 bits per heavy atom. The number of alkyl halides is 2. The molecule has 7 heteroatoms. The topological polar surface area (TPSA) is 53.4 Å². The molecule has 16 heavy (non-hydrogen) atoms. The van der Waals surface area contributed by atoms with Crippen molar-refractivity contribution in [1.82, 2.24) is 4.98 Å². The highest BCUT2D eigenvalue weighted by atomic mass is 35.5. The lowest BCUT2D eigenvalue weighted by Gasteiger charge is -2.39. The van der Waals surface area contributed by atoms with Gasteiger partial charge in [0.25, 0.3) is 5.92 Å². The van der Waals surface area contributed by atoms with E-state index in [0.29, 0.717) is 0 Å². The molecular formula is C9H7ClF2N2O2. The maximum absolute atomic E-state index is 12.6. The van der Waals surface area contributed by atoms with Crippen molar-refractivity contribution in [1.29, 1.82) is 0 Å². The number of nitrogens with zero attached hydrogens (tertiary/aromatic N) is 2. The predicted octanol–water partition coefficient (Wildman–Crippen LogP) is 1.89. The third kappa shape index (κ3) is 1.92. The number of halogens is 3. The average molecular weight is 249 g/mol. The summed E-state index contributed by atoms with van der Waals surface area (Å²) in [6.45, 7) is -0.877. The van der Waals surface area contributed by atoms with Gasteiger partial charge in [-0.25, -0.2) is 18.6 Å². The Morgan fingerprint density at radius 3 is 2.62 bits per heavy atom. The van der Waals surface area contributed by atoms with Crippen LogP contribution in [0.25, 0.3) is 0 Å². The summed E-state index contributed by atoms with van der Waals surface area (Å²) in [4.78, 5) is 15.7. The minimum atomic E-state index is -2.71. The van der Waals surface area contributed by atoms with Gasteiger partial charge in [-0.2, -0.15) is 0 Å². The van der Waals surface area contributed by atoms with E-state index in [1.165, 1.54) is 11.0 Å². The second-order valence-electron chi connectivity index (χ2n) is 3.55. The van der Waals surface area contributed by atoms with Crippen molar-refractivity contribution >= 4 is 23.4 Å². The SMILES string of the molecule is O=C(O)c1cnc(N2CC(F)(F)C2)c(Cl)c1. The van der Waals surface area contributed by atoms with Crippen molar-refractivity contribution in [2.75, 3.05) is 18.0 Å². The molecule has 1 aromatic rings. The first-order valence-electron chi connectivity index (χ1n) is 4.41. The molecular weight excluding hydrogens is 242 g/mol. The van der Waals surface area contributed by atoms with E-state index in [4.69, 9.17) is 16.7 Å². The maximum Gasteiger partial charge on any atom is 0.337 e. The minimum absolute atomic E-state index is 0.0652. The van der Waals surface area contributed by atoms with Crippen molar-refractivity contribution < 1.29 is 18.7 Å². The first-order valence-corrected chi connectivity index (χ1v) is 4.78. The van der Waals surface area contributed by atoms with Crippen LogP contribution in [0.2, 0.25) is 5.02 Å². The lowest BCUT2D eigenvalue weighted by atomic mass is 10.1. The van der Waals surface area contributed by atoms with E-state index in [0.717, 1.165) is 6.20 Å². The average Bonchev–Trinajstić information content (AvgIpc) is 2.13. The Kier molecular flexibility index (Phi) is 2.46. The van der Waals surface area contributed by atoms with Gasteiger partial charge >= 0.3 is 5.97 Å². The number of aromatic nitrogens is 1. The van der Waals surface area contributed by atoms with Crippen molar-refractivity contribution in [2.45, 2.75) is 5.92 Å². The van der Waals surface area contributed by atoms with E-state index in [1.807, 2.05) is 0 Å². The van der Waals surface area contributed by atoms with Crippen LogP contribution in [0.15, 0.2) is 12.3 Å². The molecule has 1 aliphatic heterocycles. The molecule has 1 aliphatic rings. The van der Waals surface area contributed by atoms with Crippen LogP contribution in [0.4, 0.5) is 14.6 Å². The Labute approximate surface area is 94.5 Å².